The fourth-order valence-corrected chi connectivity index (χ4v) is 7.31. The van der Waals surface area contributed by atoms with Gasteiger partial charge in [0.25, 0.3) is 11.1 Å². The molecule has 0 fully saturated rings. The summed E-state index contributed by atoms with van der Waals surface area (Å²) in [5.74, 6) is -0.472. The van der Waals surface area contributed by atoms with Crippen molar-refractivity contribution in [3.05, 3.63) is 174 Å². The topological polar surface area (TPSA) is 209 Å². The predicted octanol–water partition coefficient (Wildman–Crippen LogP) is 10.1. The average molecular weight is 920 g/mol. The number of para-hydroxylation sites is 1. The maximum atomic E-state index is 11.8. The molecule has 0 amide bonds. The summed E-state index contributed by atoms with van der Waals surface area (Å²) >= 11 is 24.5. The number of aromatic carboxylic acids is 1. The van der Waals surface area contributed by atoms with Crippen LogP contribution in [0.2, 0.25) is 20.1 Å². The third-order valence-corrected chi connectivity index (χ3v) is 10.2. The largest absolute Gasteiger partial charge is 0.478 e. The molecule has 0 saturated heterocycles. The molecule has 1 atom stereocenters. The summed E-state index contributed by atoms with van der Waals surface area (Å²) in [6.45, 7) is 3.61. The molecule has 20 heteroatoms. The number of fused-ring (bicyclic) bond motifs is 1. The summed E-state index contributed by atoms with van der Waals surface area (Å²) in [7, 11) is 0. The molecule has 1 unspecified atom stereocenters. The SMILES string of the molecule is CCOc1nc2cccc(C(=O)O)c2n1Cc1ccc(-c2ccccc2-c2nn[nH]n2)cc1.Clc1ccc(COC(Cn2ccnc2)c2ccc(Cl)cc2Cl)c(Cl)c1.O=[N+]([O-])O. The minimum atomic E-state index is -1.50. The molecule has 0 saturated carbocycles. The number of carboxylic acid groups (broad SMARTS) is 1. The number of imidazole rings is 2. The van der Waals surface area contributed by atoms with Gasteiger partial charge in [0.2, 0.25) is 5.82 Å². The average Bonchev–Trinajstić information content (AvgIpc) is 4.04. The molecule has 318 valence electrons. The van der Waals surface area contributed by atoms with Gasteiger partial charge >= 0.3 is 5.97 Å². The second-order valence-electron chi connectivity index (χ2n) is 13.1. The second kappa shape index (κ2) is 21.3. The van der Waals surface area contributed by atoms with E-state index >= 15 is 0 Å². The van der Waals surface area contributed by atoms with Crippen molar-refractivity contribution in [1.82, 2.24) is 39.7 Å². The maximum Gasteiger partial charge on any atom is 0.337 e. The molecule has 62 heavy (non-hydrogen) atoms. The lowest BCUT2D eigenvalue weighted by Crippen LogP contribution is -2.12. The van der Waals surface area contributed by atoms with Crippen molar-refractivity contribution in [2.75, 3.05) is 6.61 Å². The number of nitrogens with zero attached hydrogens (tertiary/aromatic N) is 8. The first kappa shape index (κ1) is 45.0. The molecule has 0 spiro atoms. The first-order chi connectivity index (χ1) is 29.9. The van der Waals surface area contributed by atoms with E-state index in [2.05, 4.69) is 30.6 Å². The van der Waals surface area contributed by atoms with E-state index in [9.17, 15) is 9.90 Å². The lowest BCUT2D eigenvalue weighted by atomic mass is 9.98. The van der Waals surface area contributed by atoms with Crippen molar-refractivity contribution >= 4 is 63.4 Å². The van der Waals surface area contributed by atoms with Crippen LogP contribution in [0.3, 0.4) is 0 Å². The van der Waals surface area contributed by atoms with E-state index in [-0.39, 0.29) is 11.7 Å². The van der Waals surface area contributed by atoms with Crippen LogP contribution in [-0.4, -0.2) is 67.7 Å². The highest BCUT2D eigenvalue weighted by atomic mass is 35.5. The van der Waals surface area contributed by atoms with Crippen molar-refractivity contribution in [2.45, 2.75) is 32.7 Å². The van der Waals surface area contributed by atoms with Crippen LogP contribution in [-0.2, 0) is 24.4 Å². The van der Waals surface area contributed by atoms with Crippen LogP contribution in [0.15, 0.2) is 122 Å². The van der Waals surface area contributed by atoms with Gasteiger partial charge in [0.15, 0.2) is 0 Å². The number of hydrogen-bond acceptors (Lipinski definition) is 10. The van der Waals surface area contributed by atoms with Crippen LogP contribution in [0, 0.1) is 10.1 Å². The standard InChI is InChI=1S/C24H20N6O3.C18H14Cl4N2O.HNO3/c1-2-33-24-25-20-9-5-8-19(23(31)32)21(20)30(24)14-15-10-12-16(13-11-15)17-6-3-4-7-18(17)22-26-28-29-27-22;19-13-2-1-12(16(21)7-13)10-25-18(9-24-6-5-23-11-24)15-4-3-14(20)8-17(15)22;2-1(3)4/h3-13H,2,14H2,1H3,(H,31,32)(H,26,27,28,29);1-8,11,18H,9-10H2;(H,2,3,4). The van der Waals surface area contributed by atoms with Gasteiger partial charge in [0, 0.05) is 43.6 Å². The fourth-order valence-electron chi connectivity index (χ4n) is 6.32. The number of ether oxygens (including phenoxy) is 2. The number of H-pyrrole nitrogens is 1. The highest BCUT2D eigenvalue weighted by Crippen LogP contribution is 2.33. The third-order valence-electron chi connectivity index (χ3n) is 9.05. The summed E-state index contributed by atoms with van der Waals surface area (Å²) in [6, 6.07) is 32.1. The summed E-state index contributed by atoms with van der Waals surface area (Å²) in [4.78, 5) is 28.7. The fraction of sp³-hybridized carbons (Fsp3) is 0.143. The first-order valence-electron chi connectivity index (χ1n) is 18.5. The monoisotopic (exact) mass is 917 g/mol. The molecule has 3 heterocycles. The molecule has 0 aliphatic carbocycles. The van der Waals surface area contributed by atoms with E-state index in [4.69, 9.17) is 71.2 Å². The maximum absolute atomic E-state index is 11.8. The number of tetrazole rings is 1. The van der Waals surface area contributed by atoms with Crippen molar-refractivity contribution in [3.8, 4) is 28.5 Å². The van der Waals surface area contributed by atoms with Gasteiger partial charge in [-0.3, -0.25) is 4.57 Å². The summed E-state index contributed by atoms with van der Waals surface area (Å²) in [5, 5.41) is 40.0. The highest BCUT2D eigenvalue weighted by molar-refractivity contribution is 6.35. The minimum absolute atomic E-state index is 0.191. The Balaban J connectivity index is 0.000000197. The molecule has 0 bridgehead atoms. The summed E-state index contributed by atoms with van der Waals surface area (Å²) in [5.41, 5.74) is 6.88. The van der Waals surface area contributed by atoms with Gasteiger partial charge in [-0.2, -0.15) is 10.2 Å². The van der Waals surface area contributed by atoms with E-state index in [0.717, 1.165) is 33.4 Å². The van der Waals surface area contributed by atoms with Crippen LogP contribution >= 0.6 is 46.4 Å². The number of aromatic amines is 1. The Morgan fingerprint density at radius 3 is 2.26 bits per heavy atom. The molecule has 3 aromatic heterocycles. The van der Waals surface area contributed by atoms with Gasteiger partial charge in [-0.1, -0.05) is 113 Å². The zero-order chi connectivity index (χ0) is 44.2. The van der Waals surface area contributed by atoms with E-state index in [1.54, 1.807) is 55.0 Å². The lowest BCUT2D eigenvalue weighted by Gasteiger charge is -2.21. The van der Waals surface area contributed by atoms with Gasteiger partial charge in [0.05, 0.1) is 49.2 Å². The zero-order valence-corrected chi connectivity index (χ0v) is 35.5. The Hall–Kier alpha value is -6.56. The Morgan fingerprint density at radius 1 is 0.919 bits per heavy atom. The van der Waals surface area contributed by atoms with Gasteiger partial charge in [-0.25, -0.2) is 9.78 Å². The number of rotatable bonds is 13. The van der Waals surface area contributed by atoms with Gasteiger partial charge in [0.1, 0.15) is 6.10 Å². The zero-order valence-electron chi connectivity index (χ0n) is 32.5. The van der Waals surface area contributed by atoms with Crippen LogP contribution < -0.4 is 4.74 Å². The van der Waals surface area contributed by atoms with Crippen LogP contribution in [0.4, 0.5) is 0 Å². The van der Waals surface area contributed by atoms with E-state index in [1.165, 1.54) is 0 Å². The molecule has 8 rings (SSSR count). The number of carbonyl (C=O) groups is 1. The smallest absolute Gasteiger partial charge is 0.337 e. The normalized spacial score (nSPS) is 11.2. The van der Waals surface area contributed by atoms with Crippen LogP contribution in [0.5, 0.6) is 6.01 Å². The Bertz CT molecular complexity index is 2750. The third kappa shape index (κ3) is 11.6. The number of halogens is 4. The molecule has 3 N–H and O–H groups in total. The first-order valence-corrected chi connectivity index (χ1v) is 20.0. The van der Waals surface area contributed by atoms with E-state index < -0.39 is 11.1 Å². The van der Waals surface area contributed by atoms with Crippen LogP contribution in [0.25, 0.3) is 33.5 Å². The number of nitrogens with one attached hydrogen (secondary N) is 1. The Morgan fingerprint density at radius 2 is 1.63 bits per heavy atom. The number of benzene rings is 5. The molecule has 0 aliphatic heterocycles. The van der Waals surface area contributed by atoms with Crippen molar-refractivity contribution in [1.29, 1.82) is 0 Å². The van der Waals surface area contributed by atoms with Crippen molar-refractivity contribution in [2.24, 2.45) is 0 Å². The molecular formula is C42H35Cl4N9O7. The summed E-state index contributed by atoms with van der Waals surface area (Å²) in [6.07, 6.45) is 5.03. The number of hydrogen-bond donors (Lipinski definition) is 3. The number of carboxylic acids is 1. The van der Waals surface area contributed by atoms with Gasteiger partial charge in [-0.05, 0) is 70.8 Å². The number of aromatic nitrogens is 8. The molecule has 8 aromatic rings. The lowest BCUT2D eigenvalue weighted by molar-refractivity contribution is -0.742. The Labute approximate surface area is 373 Å². The van der Waals surface area contributed by atoms with Crippen LogP contribution in [0.1, 0.15) is 40.1 Å². The highest BCUT2D eigenvalue weighted by Gasteiger charge is 2.20. The minimum Gasteiger partial charge on any atom is -0.478 e. The molecular weight excluding hydrogens is 884 g/mol. The van der Waals surface area contributed by atoms with E-state index in [1.807, 2.05) is 82.9 Å². The van der Waals surface area contributed by atoms with E-state index in [0.29, 0.717) is 69.3 Å². The second-order valence-corrected chi connectivity index (χ2v) is 14.8. The Kier molecular flexibility index (Phi) is 15.5. The van der Waals surface area contributed by atoms with Gasteiger partial charge in [-0.15, -0.1) is 20.3 Å². The van der Waals surface area contributed by atoms with Crippen molar-refractivity contribution < 1.29 is 29.7 Å². The molecule has 0 aliphatic rings. The quantitative estimate of drug-likeness (QED) is 0.0729. The molecule has 16 nitrogen and oxygen atoms in total. The van der Waals surface area contributed by atoms with Crippen molar-refractivity contribution in [3.63, 3.8) is 0 Å². The molecule has 0 radical (unpaired) electrons. The molecule has 5 aromatic carbocycles. The summed E-state index contributed by atoms with van der Waals surface area (Å²) < 4.78 is 15.6. The van der Waals surface area contributed by atoms with Gasteiger partial charge < -0.3 is 24.4 Å². The predicted molar refractivity (Wildman–Crippen MR) is 233 cm³/mol.